The molecule has 1 N–H and O–H groups in total. The van der Waals surface area contributed by atoms with Crippen molar-refractivity contribution in [1.82, 2.24) is 15.0 Å². The van der Waals surface area contributed by atoms with Gasteiger partial charge in [-0.15, -0.1) is 5.10 Å². The zero-order valence-electron chi connectivity index (χ0n) is 14.5. The van der Waals surface area contributed by atoms with Gasteiger partial charge in [0.25, 0.3) is 10.0 Å². The molecule has 4 rings (SSSR count). The molecule has 0 radical (unpaired) electrons. The van der Waals surface area contributed by atoms with Crippen molar-refractivity contribution in [2.45, 2.75) is 18.2 Å². The molecule has 27 heavy (non-hydrogen) atoms. The molecule has 3 aromatic rings. The van der Waals surface area contributed by atoms with Gasteiger partial charge in [-0.05, 0) is 42.3 Å². The number of aromatic nitrogens is 3. The van der Waals surface area contributed by atoms with Crippen LogP contribution in [0.2, 0.25) is 0 Å². The first kappa shape index (κ1) is 17.2. The lowest BCUT2D eigenvalue weighted by Gasteiger charge is -2.15. The maximum Gasteiger partial charge on any atom is 0.261 e. The first-order valence-electron chi connectivity index (χ1n) is 8.35. The van der Waals surface area contributed by atoms with Crippen molar-refractivity contribution in [3.8, 4) is 5.69 Å². The number of nitrogens with zero attached hydrogens (tertiary/aromatic N) is 4. The summed E-state index contributed by atoms with van der Waals surface area (Å²) in [6.07, 6.45) is 3.79. The van der Waals surface area contributed by atoms with Gasteiger partial charge in [-0.25, -0.2) is 13.1 Å². The Bertz CT molecular complexity index is 1110. The number of hydrogen-bond acceptors (Lipinski definition) is 5. The third-order valence-electron chi connectivity index (χ3n) is 4.45. The minimum Gasteiger partial charge on any atom is -0.312 e. The van der Waals surface area contributed by atoms with Crippen LogP contribution < -0.4 is 9.62 Å². The predicted octanol–water partition coefficient (Wildman–Crippen LogP) is 1.98. The molecule has 0 aliphatic carbocycles. The van der Waals surface area contributed by atoms with Crippen LogP contribution in [0.1, 0.15) is 12.5 Å². The molecule has 8 nitrogen and oxygen atoms in total. The summed E-state index contributed by atoms with van der Waals surface area (Å²) in [4.78, 5) is 13.5. The predicted molar refractivity (Wildman–Crippen MR) is 100 cm³/mol. The number of fused-ring (bicyclic) bond motifs is 1. The van der Waals surface area contributed by atoms with Crippen molar-refractivity contribution in [2.75, 3.05) is 16.2 Å². The Hall–Kier alpha value is -3.20. The highest BCUT2D eigenvalue weighted by atomic mass is 32.2. The van der Waals surface area contributed by atoms with Gasteiger partial charge >= 0.3 is 0 Å². The molecule has 0 bridgehead atoms. The van der Waals surface area contributed by atoms with Gasteiger partial charge in [0.1, 0.15) is 0 Å². The van der Waals surface area contributed by atoms with Crippen LogP contribution in [0.15, 0.2) is 59.8 Å². The van der Waals surface area contributed by atoms with Crippen molar-refractivity contribution in [3.63, 3.8) is 0 Å². The molecule has 0 saturated carbocycles. The lowest BCUT2D eigenvalue weighted by atomic mass is 10.2. The van der Waals surface area contributed by atoms with E-state index in [0.29, 0.717) is 24.3 Å². The Morgan fingerprint density at radius 3 is 2.70 bits per heavy atom. The van der Waals surface area contributed by atoms with Crippen LogP contribution in [0.5, 0.6) is 0 Å². The van der Waals surface area contributed by atoms with E-state index in [1.807, 2.05) is 0 Å². The monoisotopic (exact) mass is 383 g/mol. The van der Waals surface area contributed by atoms with Crippen LogP contribution >= 0.6 is 0 Å². The number of benzene rings is 2. The van der Waals surface area contributed by atoms with Crippen LogP contribution in [0, 0.1) is 0 Å². The van der Waals surface area contributed by atoms with Crippen molar-refractivity contribution in [3.05, 3.63) is 60.4 Å². The molecule has 9 heteroatoms. The molecule has 1 aromatic heterocycles. The molecule has 0 atom stereocenters. The van der Waals surface area contributed by atoms with E-state index >= 15 is 0 Å². The van der Waals surface area contributed by atoms with Gasteiger partial charge in [0.05, 0.1) is 28.7 Å². The maximum atomic E-state index is 12.9. The summed E-state index contributed by atoms with van der Waals surface area (Å²) in [5.41, 5.74) is 2.58. The Labute approximate surface area is 156 Å². The molecule has 1 aliphatic heterocycles. The topological polar surface area (TPSA) is 97.2 Å². The average molecular weight is 383 g/mol. The van der Waals surface area contributed by atoms with Crippen LogP contribution in [0.4, 0.5) is 11.4 Å². The Morgan fingerprint density at radius 2 is 1.96 bits per heavy atom. The molecule has 0 saturated heterocycles. The molecular weight excluding hydrogens is 366 g/mol. The number of hydrogen-bond donors (Lipinski definition) is 1. The van der Waals surface area contributed by atoms with Gasteiger partial charge in [0.2, 0.25) is 5.91 Å². The molecule has 138 valence electrons. The van der Waals surface area contributed by atoms with Gasteiger partial charge in [-0.2, -0.15) is 0 Å². The highest BCUT2D eigenvalue weighted by Crippen LogP contribution is 2.31. The Kier molecular flexibility index (Phi) is 4.15. The summed E-state index contributed by atoms with van der Waals surface area (Å²) in [6, 6.07) is 11.8. The third-order valence-corrected chi connectivity index (χ3v) is 5.82. The number of para-hydroxylation sites is 2. The second kappa shape index (κ2) is 6.51. The van der Waals surface area contributed by atoms with Crippen molar-refractivity contribution < 1.29 is 13.2 Å². The summed E-state index contributed by atoms with van der Waals surface area (Å²) in [5, 5.41) is 7.67. The summed E-state index contributed by atoms with van der Waals surface area (Å²) in [6.45, 7) is 2.07. The van der Waals surface area contributed by atoms with E-state index in [0.717, 1.165) is 11.3 Å². The van der Waals surface area contributed by atoms with Gasteiger partial charge in [0.15, 0.2) is 0 Å². The number of carbonyl (C=O) groups is 1. The smallest absolute Gasteiger partial charge is 0.261 e. The van der Waals surface area contributed by atoms with E-state index in [1.54, 1.807) is 47.5 Å². The highest BCUT2D eigenvalue weighted by molar-refractivity contribution is 7.92. The summed E-state index contributed by atoms with van der Waals surface area (Å²) in [7, 11) is -3.80. The molecule has 0 fully saturated rings. The van der Waals surface area contributed by atoms with Gasteiger partial charge in [0, 0.05) is 19.2 Å². The first-order valence-corrected chi connectivity index (χ1v) is 9.83. The van der Waals surface area contributed by atoms with Crippen molar-refractivity contribution in [1.29, 1.82) is 0 Å². The molecular formula is C18H17N5O3S. The minimum absolute atomic E-state index is 0.0516. The zero-order chi connectivity index (χ0) is 19.0. The number of rotatable bonds is 4. The van der Waals surface area contributed by atoms with E-state index in [9.17, 15) is 13.2 Å². The van der Waals surface area contributed by atoms with Gasteiger partial charge < -0.3 is 4.90 Å². The fourth-order valence-electron chi connectivity index (χ4n) is 3.17. The number of carbonyl (C=O) groups excluding carboxylic acids is 1. The first-order chi connectivity index (χ1) is 13.0. The highest BCUT2D eigenvalue weighted by Gasteiger charge is 2.25. The Morgan fingerprint density at radius 1 is 1.15 bits per heavy atom. The van der Waals surface area contributed by atoms with E-state index in [4.69, 9.17) is 0 Å². The molecule has 1 aliphatic rings. The number of nitrogens with one attached hydrogen (secondary N) is 1. The van der Waals surface area contributed by atoms with Gasteiger partial charge in [-0.3, -0.25) is 9.52 Å². The second-order valence-corrected chi connectivity index (χ2v) is 7.86. The van der Waals surface area contributed by atoms with E-state index in [2.05, 4.69) is 15.0 Å². The van der Waals surface area contributed by atoms with Crippen LogP contribution in [0.3, 0.4) is 0 Å². The lowest BCUT2D eigenvalue weighted by Crippen LogP contribution is -2.25. The maximum absolute atomic E-state index is 12.9. The molecule has 1 amide bonds. The molecule has 2 heterocycles. The fraction of sp³-hybridized carbons (Fsp3) is 0.167. The largest absolute Gasteiger partial charge is 0.312 e. The summed E-state index contributed by atoms with van der Waals surface area (Å²) < 4.78 is 29.9. The molecule has 2 aromatic carbocycles. The van der Waals surface area contributed by atoms with Crippen molar-refractivity contribution in [2.24, 2.45) is 0 Å². The normalized spacial score (nSPS) is 13.4. The number of anilines is 2. The van der Waals surface area contributed by atoms with Crippen LogP contribution in [-0.4, -0.2) is 35.9 Å². The third kappa shape index (κ3) is 3.17. The van der Waals surface area contributed by atoms with Crippen LogP contribution in [0.25, 0.3) is 5.69 Å². The Balaban J connectivity index is 1.67. The van der Waals surface area contributed by atoms with E-state index in [-0.39, 0.29) is 10.8 Å². The van der Waals surface area contributed by atoms with E-state index < -0.39 is 10.0 Å². The minimum atomic E-state index is -3.80. The molecule has 0 unspecified atom stereocenters. The fourth-order valence-corrected chi connectivity index (χ4v) is 4.30. The summed E-state index contributed by atoms with van der Waals surface area (Å²) in [5.74, 6) is -0.0516. The lowest BCUT2D eigenvalue weighted by molar-refractivity contribution is -0.116. The van der Waals surface area contributed by atoms with Crippen LogP contribution in [-0.2, 0) is 21.2 Å². The average Bonchev–Trinajstić information content (AvgIpc) is 3.31. The zero-order valence-corrected chi connectivity index (χ0v) is 15.3. The number of sulfonamides is 1. The van der Waals surface area contributed by atoms with Crippen molar-refractivity contribution >= 4 is 27.3 Å². The quantitative estimate of drug-likeness (QED) is 0.743. The second-order valence-electron chi connectivity index (χ2n) is 6.18. The van der Waals surface area contributed by atoms with E-state index in [1.165, 1.54) is 23.9 Å². The van der Waals surface area contributed by atoms with Gasteiger partial charge in [-0.1, -0.05) is 17.3 Å². The summed E-state index contributed by atoms with van der Waals surface area (Å²) >= 11 is 0. The number of amides is 1. The molecule has 0 spiro atoms. The SMILES string of the molecule is CC(=O)N1CCc2cc(S(=O)(=O)Nc3ccccc3-n3ccnn3)ccc21. The standard InChI is InChI=1S/C18H17N5O3S/c1-13(24)22-10-8-14-12-15(6-7-17(14)22)27(25,26)20-16-4-2-3-5-18(16)23-11-9-19-21-23/h2-7,9,11-12,20H,8,10H2,1H3.